The average molecular weight is 339 g/mol. The van der Waals surface area contributed by atoms with Gasteiger partial charge in [-0.3, -0.25) is 4.90 Å². The molecule has 0 radical (unpaired) electrons. The summed E-state index contributed by atoms with van der Waals surface area (Å²) in [5, 5.41) is 2.16. The minimum absolute atomic E-state index is 0.101. The zero-order chi connectivity index (χ0) is 16.3. The van der Waals surface area contributed by atoms with Crippen LogP contribution in [-0.2, 0) is 16.0 Å². The summed E-state index contributed by atoms with van der Waals surface area (Å²) in [6, 6.07) is 4.92. The molecule has 0 aromatic carbocycles. The first kappa shape index (κ1) is 17.4. The van der Waals surface area contributed by atoms with E-state index in [9.17, 15) is 0 Å². The molecule has 0 unspecified atom stereocenters. The fraction of sp³-hybridized carbons (Fsp3) is 0.778. The van der Waals surface area contributed by atoms with Crippen LogP contribution in [0, 0.1) is 0 Å². The Morgan fingerprint density at radius 2 is 2.35 bits per heavy atom. The van der Waals surface area contributed by atoms with Gasteiger partial charge in [-0.2, -0.15) is 0 Å². The molecule has 2 aliphatic rings. The van der Waals surface area contributed by atoms with Gasteiger partial charge in [-0.05, 0) is 45.2 Å². The molecule has 5 heteroatoms. The summed E-state index contributed by atoms with van der Waals surface area (Å²) in [5.41, 5.74) is -0.101. The predicted octanol–water partition coefficient (Wildman–Crippen LogP) is 2.84. The van der Waals surface area contributed by atoms with E-state index < -0.39 is 0 Å². The molecule has 0 saturated carbocycles. The summed E-state index contributed by atoms with van der Waals surface area (Å²) in [6.07, 6.45) is 2.60. The molecule has 2 saturated heterocycles. The van der Waals surface area contributed by atoms with Crippen LogP contribution in [0.2, 0.25) is 0 Å². The summed E-state index contributed by atoms with van der Waals surface area (Å²) in [4.78, 5) is 6.31. The van der Waals surface area contributed by atoms with Crippen molar-refractivity contribution in [2.45, 2.75) is 51.0 Å². The normalized spacial score (nSPS) is 29.7. The van der Waals surface area contributed by atoms with Crippen molar-refractivity contribution in [3.05, 3.63) is 22.4 Å². The molecule has 3 heterocycles. The topological polar surface area (TPSA) is 24.9 Å². The fourth-order valence-electron chi connectivity index (χ4n) is 3.52. The molecule has 0 bridgehead atoms. The van der Waals surface area contributed by atoms with Crippen LogP contribution >= 0.6 is 11.3 Å². The van der Waals surface area contributed by atoms with E-state index in [1.54, 1.807) is 0 Å². The third kappa shape index (κ3) is 4.54. The number of thiophene rings is 1. The molecular formula is C18H30N2O2S. The lowest BCUT2D eigenvalue weighted by molar-refractivity contribution is -0.0924. The minimum Gasteiger partial charge on any atom is -0.377 e. The van der Waals surface area contributed by atoms with Gasteiger partial charge in [0.05, 0.1) is 19.3 Å². The molecule has 1 spiro atoms. The van der Waals surface area contributed by atoms with Gasteiger partial charge in [-0.15, -0.1) is 11.3 Å². The SMILES string of the molecule is CC(C)N(C)C[C@H]1CC[C@]2(COCCN(Cc3cccs3)C2)O1. The molecule has 1 aromatic rings. The minimum atomic E-state index is -0.101. The van der Waals surface area contributed by atoms with E-state index in [-0.39, 0.29) is 5.60 Å². The Labute approximate surface area is 144 Å². The van der Waals surface area contributed by atoms with Gasteiger partial charge in [0.25, 0.3) is 0 Å². The smallest absolute Gasteiger partial charge is 0.105 e. The highest BCUT2D eigenvalue weighted by Crippen LogP contribution is 2.34. The Kier molecular flexibility index (Phi) is 5.75. The summed E-state index contributed by atoms with van der Waals surface area (Å²) >= 11 is 1.84. The Bertz CT molecular complexity index is 479. The molecule has 2 aliphatic heterocycles. The van der Waals surface area contributed by atoms with E-state index in [0.717, 1.165) is 52.2 Å². The van der Waals surface area contributed by atoms with Crippen molar-refractivity contribution in [2.24, 2.45) is 0 Å². The highest BCUT2D eigenvalue weighted by atomic mass is 32.1. The number of hydrogen-bond donors (Lipinski definition) is 0. The zero-order valence-corrected chi connectivity index (χ0v) is 15.5. The van der Waals surface area contributed by atoms with Gasteiger partial charge in [0, 0.05) is 37.1 Å². The van der Waals surface area contributed by atoms with Crippen molar-refractivity contribution in [2.75, 3.05) is 39.9 Å². The number of likely N-dealkylation sites (N-methyl/N-ethyl adjacent to an activating group) is 1. The van der Waals surface area contributed by atoms with Crippen LogP contribution in [0.4, 0.5) is 0 Å². The number of ether oxygens (including phenoxy) is 2. The summed E-state index contributed by atoms with van der Waals surface area (Å²) in [5.74, 6) is 0. The monoisotopic (exact) mass is 338 g/mol. The summed E-state index contributed by atoms with van der Waals surface area (Å²) in [7, 11) is 2.19. The quantitative estimate of drug-likeness (QED) is 0.824. The first-order valence-corrected chi connectivity index (χ1v) is 9.65. The maximum Gasteiger partial charge on any atom is 0.105 e. The van der Waals surface area contributed by atoms with Gasteiger partial charge in [0.1, 0.15) is 5.60 Å². The summed E-state index contributed by atoms with van der Waals surface area (Å²) < 4.78 is 12.4. The summed E-state index contributed by atoms with van der Waals surface area (Å²) in [6.45, 7) is 10.1. The van der Waals surface area contributed by atoms with E-state index in [2.05, 4.69) is 48.2 Å². The largest absolute Gasteiger partial charge is 0.377 e. The lowest BCUT2D eigenvalue weighted by Crippen LogP contribution is -2.45. The highest BCUT2D eigenvalue weighted by molar-refractivity contribution is 7.09. The van der Waals surface area contributed by atoms with E-state index >= 15 is 0 Å². The van der Waals surface area contributed by atoms with Crippen molar-refractivity contribution in [3.8, 4) is 0 Å². The van der Waals surface area contributed by atoms with Crippen LogP contribution in [0.1, 0.15) is 31.6 Å². The fourth-order valence-corrected chi connectivity index (χ4v) is 4.27. The first-order valence-electron chi connectivity index (χ1n) is 8.77. The van der Waals surface area contributed by atoms with Crippen LogP contribution in [0.25, 0.3) is 0 Å². The number of rotatable bonds is 5. The third-order valence-corrected chi connectivity index (χ3v) is 5.96. The molecule has 4 nitrogen and oxygen atoms in total. The average Bonchev–Trinajstić information content (AvgIpc) is 3.09. The van der Waals surface area contributed by atoms with Crippen molar-refractivity contribution in [1.29, 1.82) is 0 Å². The lowest BCUT2D eigenvalue weighted by Gasteiger charge is -2.32. The van der Waals surface area contributed by atoms with Crippen LogP contribution in [-0.4, -0.2) is 67.4 Å². The maximum absolute atomic E-state index is 6.54. The van der Waals surface area contributed by atoms with Crippen LogP contribution in [0.5, 0.6) is 0 Å². The van der Waals surface area contributed by atoms with Gasteiger partial charge in [0.2, 0.25) is 0 Å². The molecule has 3 rings (SSSR count). The van der Waals surface area contributed by atoms with Crippen LogP contribution < -0.4 is 0 Å². The Balaban J connectivity index is 1.59. The number of nitrogens with zero attached hydrogens (tertiary/aromatic N) is 2. The molecule has 23 heavy (non-hydrogen) atoms. The molecule has 0 N–H and O–H groups in total. The van der Waals surface area contributed by atoms with E-state index in [4.69, 9.17) is 9.47 Å². The van der Waals surface area contributed by atoms with Crippen molar-refractivity contribution in [1.82, 2.24) is 9.80 Å². The molecule has 2 fully saturated rings. The first-order chi connectivity index (χ1) is 11.1. The molecule has 2 atom stereocenters. The van der Waals surface area contributed by atoms with Gasteiger partial charge in [-0.25, -0.2) is 0 Å². The maximum atomic E-state index is 6.54. The second-order valence-corrected chi connectivity index (χ2v) is 8.37. The predicted molar refractivity (Wildman–Crippen MR) is 95.0 cm³/mol. The van der Waals surface area contributed by atoms with Crippen LogP contribution in [0.3, 0.4) is 0 Å². The van der Waals surface area contributed by atoms with Crippen molar-refractivity contribution < 1.29 is 9.47 Å². The molecule has 1 aromatic heterocycles. The van der Waals surface area contributed by atoms with E-state index in [0.29, 0.717) is 12.1 Å². The zero-order valence-electron chi connectivity index (χ0n) is 14.7. The number of hydrogen-bond acceptors (Lipinski definition) is 5. The lowest BCUT2D eigenvalue weighted by atomic mass is 10.00. The van der Waals surface area contributed by atoms with E-state index in [1.807, 2.05) is 11.3 Å². The van der Waals surface area contributed by atoms with E-state index in [1.165, 1.54) is 4.88 Å². The van der Waals surface area contributed by atoms with Crippen molar-refractivity contribution >= 4 is 11.3 Å². The Hall–Kier alpha value is -0.460. The molecule has 0 aliphatic carbocycles. The van der Waals surface area contributed by atoms with Gasteiger partial charge in [0.15, 0.2) is 0 Å². The Morgan fingerprint density at radius 3 is 3.09 bits per heavy atom. The molecule has 130 valence electrons. The Morgan fingerprint density at radius 1 is 1.48 bits per heavy atom. The second-order valence-electron chi connectivity index (χ2n) is 7.34. The second kappa shape index (κ2) is 7.62. The van der Waals surface area contributed by atoms with Gasteiger partial charge in [-0.1, -0.05) is 6.07 Å². The third-order valence-electron chi connectivity index (χ3n) is 5.10. The molecular weight excluding hydrogens is 308 g/mol. The van der Waals surface area contributed by atoms with Gasteiger partial charge < -0.3 is 14.4 Å². The van der Waals surface area contributed by atoms with Crippen molar-refractivity contribution in [3.63, 3.8) is 0 Å². The highest BCUT2D eigenvalue weighted by Gasteiger charge is 2.43. The van der Waals surface area contributed by atoms with Crippen LogP contribution in [0.15, 0.2) is 17.5 Å². The van der Waals surface area contributed by atoms with Gasteiger partial charge >= 0.3 is 0 Å². The molecule has 0 amide bonds. The standard InChI is InChI=1S/C18H30N2O2S/c1-15(2)19(3)11-16-6-7-18(22-16)13-20(8-9-21-14-18)12-17-5-4-10-23-17/h4-5,10,15-16H,6-9,11-14H2,1-3H3/t16-,18+/m1/s1.